The van der Waals surface area contributed by atoms with Crippen LogP contribution in [0.2, 0.25) is 0 Å². The number of ether oxygens (including phenoxy) is 1. The minimum Gasteiger partial charge on any atom is -0.495 e. The Balaban J connectivity index is 1.46. The van der Waals surface area contributed by atoms with Gasteiger partial charge in [-0.2, -0.15) is 0 Å². The van der Waals surface area contributed by atoms with Gasteiger partial charge >= 0.3 is 0 Å². The Morgan fingerprint density at radius 2 is 1.93 bits per heavy atom. The number of aromatic nitrogens is 2. The van der Waals surface area contributed by atoms with Crippen LogP contribution in [0.1, 0.15) is 13.8 Å². The molecule has 1 aromatic heterocycles. The number of para-hydroxylation sites is 2. The lowest BCUT2D eigenvalue weighted by Crippen LogP contribution is -2.49. The van der Waals surface area contributed by atoms with E-state index in [0.717, 1.165) is 30.1 Å². The molecule has 1 aromatic carbocycles. The van der Waals surface area contributed by atoms with E-state index in [0.29, 0.717) is 28.3 Å². The van der Waals surface area contributed by atoms with Crippen molar-refractivity contribution < 1.29 is 14.3 Å². The van der Waals surface area contributed by atoms with E-state index >= 15 is 0 Å². The Bertz CT molecular complexity index is 919. The normalized spacial score (nSPS) is 13.7. The van der Waals surface area contributed by atoms with Crippen molar-refractivity contribution in [2.75, 3.05) is 49.3 Å². The monoisotopic (exact) mass is 447 g/mol. The van der Waals surface area contributed by atoms with E-state index < -0.39 is 0 Å². The summed E-state index contributed by atoms with van der Waals surface area (Å²) in [6, 6.07) is 7.92. The summed E-state index contributed by atoms with van der Waals surface area (Å²) < 4.78 is 6.09. The molecule has 0 saturated carbocycles. The summed E-state index contributed by atoms with van der Waals surface area (Å²) in [5.74, 6) is 0.985. The Morgan fingerprint density at radius 1 is 1.20 bits per heavy atom. The van der Waals surface area contributed by atoms with Crippen molar-refractivity contribution in [3.63, 3.8) is 0 Å². The lowest BCUT2D eigenvalue weighted by Gasteiger charge is -2.36. The molecule has 30 heavy (non-hydrogen) atoms. The fourth-order valence-corrected chi connectivity index (χ4v) is 4.68. The van der Waals surface area contributed by atoms with Crippen molar-refractivity contribution in [1.82, 2.24) is 15.1 Å². The molecular weight excluding hydrogens is 422 g/mol. The van der Waals surface area contributed by atoms with E-state index in [-0.39, 0.29) is 11.8 Å². The number of piperazine rings is 1. The molecule has 0 unspecified atom stereocenters. The van der Waals surface area contributed by atoms with Gasteiger partial charge in [0.2, 0.25) is 16.9 Å². The number of thioether (sulfide) groups is 1. The second-order valence-corrected chi connectivity index (χ2v) is 9.11. The van der Waals surface area contributed by atoms with Crippen molar-refractivity contribution >= 4 is 45.7 Å². The van der Waals surface area contributed by atoms with Crippen LogP contribution in [0.25, 0.3) is 0 Å². The number of carbonyl (C=O) groups is 2. The molecule has 0 bridgehead atoms. The van der Waals surface area contributed by atoms with Gasteiger partial charge in [-0.25, -0.2) is 0 Å². The molecule has 3 rings (SSSR count). The molecule has 10 heteroatoms. The average Bonchev–Trinajstić information content (AvgIpc) is 3.18. The fourth-order valence-electron chi connectivity index (χ4n) is 3.02. The molecule has 1 N–H and O–H groups in total. The van der Waals surface area contributed by atoms with Crippen LogP contribution < -0.4 is 15.0 Å². The zero-order valence-corrected chi connectivity index (χ0v) is 18.9. The highest BCUT2D eigenvalue weighted by Gasteiger charge is 2.23. The van der Waals surface area contributed by atoms with Crippen LogP contribution in [0.3, 0.4) is 0 Å². The standard InChI is InChI=1S/C20H25N5O3S2/c1-14(2)12-17(26)21-19-22-23-20(30-19)29-13-18(27)25-10-8-24(9-11-25)15-6-4-5-7-16(15)28-3/h4-7,12H,8-11,13H2,1-3H3,(H,21,22,26). The predicted molar refractivity (Wildman–Crippen MR) is 120 cm³/mol. The van der Waals surface area contributed by atoms with Gasteiger partial charge in [0.25, 0.3) is 0 Å². The third-order valence-corrected chi connectivity index (χ3v) is 6.39. The smallest absolute Gasteiger partial charge is 0.250 e. The number of hydrogen-bond donors (Lipinski definition) is 1. The van der Waals surface area contributed by atoms with Crippen molar-refractivity contribution in [3.05, 3.63) is 35.9 Å². The van der Waals surface area contributed by atoms with Gasteiger partial charge in [0, 0.05) is 32.3 Å². The topological polar surface area (TPSA) is 87.7 Å². The van der Waals surface area contributed by atoms with Crippen LogP contribution in [-0.2, 0) is 9.59 Å². The van der Waals surface area contributed by atoms with Crippen molar-refractivity contribution in [3.8, 4) is 5.75 Å². The van der Waals surface area contributed by atoms with Crippen LogP contribution >= 0.6 is 23.1 Å². The largest absolute Gasteiger partial charge is 0.495 e. The van der Waals surface area contributed by atoms with Gasteiger partial charge in [0.15, 0.2) is 4.34 Å². The number of rotatable bonds is 7. The van der Waals surface area contributed by atoms with Crippen LogP contribution in [0.5, 0.6) is 5.75 Å². The molecule has 8 nitrogen and oxygen atoms in total. The quantitative estimate of drug-likeness (QED) is 0.397. The maximum Gasteiger partial charge on any atom is 0.250 e. The van der Waals surface area contributed by atoms with Gasteiger partial charge in [-0.3, -0.25) is 14.9 Å². The summed E-state index contributed by atoms with van der Waals surface area (Å²) in [5, 5.41) is 11.1. The maximum absolute atomic E-state index is 12.6. The number of hydrogen-bond acceptors (Lipinski definition) is 8. The number of carbonyl (C=O) groups excluding carboxylic acids is 2. The Labute approximate surface area is 184 Å². The Hall–Kier alpha value is -2.59. The minimum absolute atomic E-state index is 0.0741. The summed E-state index contributed by atoms with van der Waals surface area (Å²) in [4.78, 5) is 28.4. The van der Waals surface area contributed by atoms with Crippen LogP contribution in [0, 0.1) is 0 Å². The predicted octanol–water partition coefficient (Wildman–Crippen LogP) is 2.89. The first-order valence-corrected chi connectivity index (χ1v) is 11.3. The SMILES string of the molecule is COc1ccccc1N1CCN(C(=O)CSc2nnc(NC(=O)C=C(C)C)s2)CC1. The number of methoxy groups -OCH3 is 1. The number of amides is 2. The van der Waals surface area contributed by atoms with Crippen molar-refractivity contribution in [2.45, 2.75) is 18.2 Å². The highest BCUT2D eigenvalue weighted by molar-refractivity contribution is 8.01. The zero-order chi connectivity index (χ0) is 21.5. The summed E-state index contributed by atoms with van der Waals surface area (Å²) in [6.45, 7) is 6.55. The first kappa shape index (κ1) is 22.1. The molecule has 1 saturated heterocycles. The number of nitrogens with zero attached hydrogens (tertiary/aromatic N) is 4. The van der Waals surface area contributed by atoms with Crippen LogP contribution in [0.4, 0.5) is 10.8 Å². The first-order chi connectivity index (χ1) is 14.5. The minimum atomic E-state index is -0.230. The molecule has 2 aromatic rings. The highest BCUT2D eigenvalue weighted by atomic mass is 32.2. The van der Waals surface area contributed by atoms with Crippen LogP contribution in [-0.4, -0.2) is 66.0 Å². The Kier molecular flexibility index (Phi) is 7.69. The van der Waals surface area contributed by atoms with E-state index in [4.69, 9.17) is 4.74 Å². The van der Waals surface area contributed by atoms with Gasteiger partial charge in [-0.05, 0) is 26.0 Å². The molecule has 0 atom stereocenters. The molecule has 1 aliphatic rings. The molecule has 0 spiro atoms. The van der Waals surface area contributed by atoms with E-state index in [1.807, 2.05) is 43.0 Å². The maximum atomic E-state index is 12.6. The average molecular weight is 448 g/mol. The van der Waals surface area contributed by atoms with Gasteiger partial charge in [0.1, 0.15) is 5.75 Å². The van der Waals surface area contributed by atoms with E-state index in [9.17, 15) is 9.59 Å². The molecule has 1 aliphatic heterocycles. The van der Waals surface area contributed by atoms with Gasteiger partial charge in [-0.15, -0.1) is 10.2 Å². The van der Waals surface area contributed by atoms with E-state index in [1.165, 1.54) is 29.2 Å². The van der Waals surface area contributed by atoms with Crippen molar-refractivity contribution in [2.24, 2.45) is 0 Å². The fraction of sp³-hybridized carbons (Fsp3) is 0.400. The second kappa shape index (κ2) is 10.4. The number of allylic oxidation sites excluding steroid dienone is 1. The lowest BCUT2D eigenvalue weighted by atomic mass is 10.2. The van der Waals surface area contributed by atoms with Gasteiger partial charge in [0.05, 0.1) is 18.6 Å². The Morgan fingerprint density at radius 3 is 2.63 bits per heavy atom. The number of benzene rings is 1. The van der Waals surface area contributed by atoms with Crippen molar-refractivity contribution in [1.29, 1.82) is 0 Å². The molecular formula is C20H25N5O3S2. The lowest BCUT2D eigenvalue weighted by molar-refractivity contribution is -0.128. The zero-order valence-electron chi connectivity index (χ0n) is 17.3. The molecule has 1 fully saturated rings. The summed E-state index contributed by atoms with van der Waals surface area (Å²) in [6.07, 6.45) is 1.50. The molecule has 160 valence electrons. The summed E-state index contributed by atoms with van der Waals surface area (Å²) >= 11 is 2.61. The third kappa shape index (κ3) is 5.96. The molecule has 2 amide bonds. The molecule has 0 aliphatic carbocycles. The van der Waals surface area contributed by atoms with Gasteiger partial charge < -0.3 is 14.5 Å². The molecule has 2 heterocycles. The summed E-state index contributed by atoms with van der Waals surface area (Å²) in [7, 11) is 1.67. The van der Waals surface area contributed by atoms with Gasteiger partial charge in [-0.1, -0.05) is 40.8 Å². The second-order valence-electron chi connectivity index (χ2n) is 6.91. The first-order valence-electron chi connectivity index (χ1n) is 9.54. The highest BCUT2D eigenvalue weighted by Crippen LogP contribution is 2.29. The van der Waals surface area contributed by atoms with Crippen LogP contribution in [0.15, 0.2) is 40.3 Å². The van der Waals surface area contributed by atoms with E-state index in [1.54, 1.807) is 7.11 Å². The third-order valence-electron chi connectivity index (χ3n) is 4.43. The van der Waals surface area contributed by atoms with E-state index in [2.05, 4.69) is 20.4 Å². The number of anilines is 2. The number of nitrogens with one attached hydrogen (secondary N) is 1. The summed E-state index contributed by atoms with van der Waals surface area (Å²) in [5.41, 5.74) is 1.96. The molecule has 0 radical (unpaired) electrons.